The lowest BCUT2D eigenvalue weighted by Gasteiger charge is -2.22. The van der Waals surface area contributed by atoms with Crippen molar-refractivity contribution in [2.75, 3.05) is 23.7 Å². The molecule has 1 atom stereocenters. The van der Waals surface area contributed by atoms with E-state index in [0.29, 0.717) is 16.5 Å². The number of likely N-dealkylation sites (tertiary alicyclic amines) is 1. The molecule has 1 saturated heterocycles. The van der Waals surface area contributed by atoms with Gasteiger partial charge >= 0.3 is 0 Å². The van der Waals surface area contributed by atoms with Gasteiger partial charge in [-0.2, -0.15) is 5.10 Å². The van der Waals surface area contributed by atoms with E-state index in [1.807, 2.05) is 36.7 Å². The van der Waals surface area contributed by atoms with Crippen LogP contribution in [-0.2, 0) is 17.3 Å². The van der Waals surface area contributed by atoms with Crippen LogP contribution in [0.4, 0.5) is 10.9 Å². The van der Waals surface area contributed by atoms with Gasteiger partial charge < -0.3 is 5.32 Å². The summed E-state index contributed by atoms with van der Waals surface area (Å²) in [4.78, 5) is 31.9. The molecule has 0 saturated carbocycles. The van der Waals surface area contributed by atoms with E-state index >= 15 is 0 Å². The van der Waals surface area contributed by atoms with Gasteiger partial charge in [-0.15, -0.1) is 11.3 Å². The summed E-state index contributed by atoms with van der Waals surface area (Å²) in [6.07, 6.45) is 3.72. The van der Waals surface area contributed by atoms with Gasteiger partial charge in [0.05, 0.1) is 18.3 Å². The second-order valence-corrected chi connectivity index (χ2v) is 10.3. The Hall–Kier alpha value is -3.04. The minimum atomic E-state index is -0.172. The summed E-state index contributed by atoms with van der Waals surface area (Å²) in [6.45, 7) is 7.55. The predicted octanol–water partition coefficient (Wildman–Crippen LogP) is 4.20. The van der Waals surface area contributed by atoms with Crippen molar-refractivity contribution in [1.82, 2.24) is 19.7 Å². The quantitative estimate of drug-likeness (QED) is 0.568. The first-order valence-corrected chi connectivity index (χ1v) is 12.0. The fourth-order valence-electron chi connectivity index (χ4n) is 3.99. The monoisotopic (exact) mass is 466 g/mol. The van der Waals surface area contributed by atoms with E-state index in [1.54, 1.807) is 16.9 Å². The Morgan fingerprint density at radius 3 is 2.58 bits per heavy atom. The maximum Gasteiger partial charge on any atom is 0.257 e. The SMILES string of the molecule is Cn1ccc(NC(=O)CN2CCCC2c2csc(NC(=O)c3ccc(C(C)(C)C)cc3)n2)n1. The van der Waals surface area contributed by atoms with E-state index in [-0.39, 0.29) is 29.8 Å². The maximum atomic E-state index is 12.7. The number of anilines is 2. The summed E-state index contributed by atoms with van der Waals surface area (Å²) in [7, 11) is 1.81. The van der Waals surface area contributed by atoms with E-state index < -0.39 is 0 Å². The third-order valence-electron chi connectivity index (χ3n) is 5.79. The first-order valence-electron chi connectivity index (χ1n) is 11.1. The molecule has 0 bridgehead atoms. The van der Waals surface area contributed by atoms with E-state index in [0.717, 1.165) is 25.1 Å². The number of hydrogen-bond acceptors (Lipinski definition) is 6. The Balaban J connectivity index is 1.36. The Labute approximate surface area is 198 Å². The van der Waals surface area contributed by atoms with Gasteiger partial charge in [-0.05, 0) is 42.5 Å². The number of hydrogen-bond donors (Lipinski definition) is 2. The normalized spacial score (nSPS) is 16.7. The Morgan fingerprint density at radius 2 is 1.91 bits per heavy atom. The minimum Gasteiger partial charge on any atom is -0.308 e. The maximum absolute atomic E-state index is 12.7. The summed E-state index contributed by atoms with van der Waals surface area (Å²) in [6, 6.07) is 9.52. The van der Waals surface area contributed by atoms with Crippen LogP contribution in [0.3, 0.4) is 0 Å². The lowest BCUT2D eigenvalue weighted by atomic mass is 9.87. The van der Waals surface area contributed by atoms with E-state index in [2.05, 4.69) is 46.4 Å². The smallest absolute Gasteiger partial charge is 0.257 e. The molecule has 2 N–H and O–H groups in total. The summed E-state index contributed by atoms with van der Waals surface area (Å²) in [5, 5.41) is 12.5. The summed E-state index contributed by atoms with van der Waals surface area (Å²) in [5.74, 6) is 0.282. The Bertz CT molecular complexity index is 1130. The number of aromatic nitrogens is 3. The molecule has 4 rings (SSSR count). The molecule has 1 unspecified atom stereocenters. The largest absolute Gasteiger partial charge is 0.308 e. The number of benzene rings is 1. The van der Waals surface area contributed by atoms with Gasteiger partial charge in [0, 0.05) is 30.3 Å². The van der Waals surface area contributed by atoms with Gasteiger partial charge in [0.15, 0.2) is 10.9 Å². The number of nitrogens with one attached hydrogen (secondary N) is 2. The van der Waals surface area contributed by atoms with Crippen LogP contribution in [-0.4, -0.2) is 44.6 Å². The third kappa shape index (κ3) is 5.66. The number of thiazole rings is 1. The Kier molecular flexibility index (Phi) is 6.62. The molecular formula is C24H30N6O2S. The molecule has 1 fully saturated rings. The van der Waals surface area contributed by atoms with Crippen molar-refractivity contribution in [3.8, 4) is 0 Å². The van der Waals surface area contributed by atoms with Crippen molar-refractivity contribution in [1.29, 1.82) is 0 Å². The topological polar surface area (TPSA) is 92.2 Å². The standard InChI is InChI=1S/C24H30N6O2S/c1-24(2,3)17-9-7-16(8-10-17)22(32)27-23-25-18(15-33-23)19-6-5-12-30(19)14-21(31)26-20-11-13-29(4)28-20/h7-11,13,15,19H,5-6,12,14H2,1-4H3,(H,25,27,32)(H,26,28,31). The fourth-order valence-corrected chi connectivity index (χ4v) is 4.74. The number of carbonyl (C=O) groups is 2. The number of nitrogens with zero attached hydrogens (tertiary/aromatic N) is 4. The molecule has 3 heterocycles. The van der Waals surface area contributed by atoms with Crippen LogP contribution in [0.2, 0.25) is 0 Å². The molecule has 1 aliphatic rings. The molecule has 9 heteroatoms. The van der Waals surface area contributed by atoms with Crippen molar-refractivity contribution in [3.63, 3.8) is 0 Å². The highest BCUT2D eigenvalue weighted by atomic mass is 32.1. The lowest BCUT2D eigenvalue weighted by Crippen LogP contribution is -2.33. The van der Waals surface area contributed by atoms with Crippen molar-refractivity contribution in [3.05, 3.63) is 58.7 Å². The van der Waals surface area contributed by atoms with Crippen LogP contribution >= 0.6 is 11.3 Å². The zero-order valence-electron chi connectivity index (χ0n) is 19.5. The van der Waals surface area contributed by atoms with Gasteiger partial charge in [-0.25, -0.2) is 4.98 Å². The highest BCUT2D eigenvalue weighted by Crippen LogP contribution is 2.33. The lowest BCUT2D eigenvalue weighted by molar-refractivity contribution is -0.117. The van der Waals surface area contributed by atoms with E-state index in [4.69, 9.17) is 0 Å². The average Bonchev–Trinajstić information content (AvgIpc) is 3.49. The molecule has 0 radical (unpaired) electrons. The number of aryl methyl sites for hydroxylation is 1. The third-order valence-corrected chi connectivity index (χ3v) is 6.56. The molecule has 0 spiro atoms. The first-order chi connectivity index (χ1) is 15.7. The molecule has 0 aliphatic carbocycles. The van der Waals surface area contributed by atoms with Crippen LogP contribution < -0.4 is 10.6 Å². The van der Waals surface area contributed by atoms with Crippen LogP contribution in [0.25, 0.3) is 0 Å². The number of rotatable bonds is 6. The Morgan fingerprint density at radius 1 is 1.15 bits per heavy atom. The fraction of sp³-hybridized carbons (Fsp3) is 0.417. The molecule has 1 aliphatic heterocycles. The highest BCUT2D eigenvalue weighted by molar-refractivity contribution is 7.14. The molecule has 8 nitrogen and oxygen atoms in total. The zero-order valence-corrected chi connectivity index (χ0v) is 20.3. The van der Waals surface area contributed by atoms with Gasteiger partial charge in [0.1, 0.15) is 0 Å². The van der Waals surface area contributed by atoms with Crippen LogP contribution in [0, 0.1) is 0 Å². The van der Waals surface area contributed by atoms with Crippen LogP contribution in [0.15, 0.2) is 41.9 Å². The van der Waals surface area contributed by atoms with Gasteiger partial charge in [0.25, 0.3) is 5.91 Å². The number of amides is 2. The van der Waals surface area contributed by atoms with Crippen molar-refractivity contribution < 1.29 is 9.59 Å². The second-order valence-electron chi connectivity index (χ2n) is 9.41. The first kappa shape index (κ1) is 23.1. The van der Waals surface area contributed by atoms with Crippen molar-refractivity contribution in [2.24, 2.45) is 7.05 Å². The number of carbonyl (C=O) groups excluding carboxylic acids is 2. The molecule has 2 amide bonds. The minimum absolute atomic E-state index is 0.0425. The van der Waals surface area contributed by atoms with Crippen LogP contribution in [0.1, 0.15) is 61.3 Å². The molecule has 2 aromatic heterocycles. The highest BCUT2D eigenvalue weighted by Gasteiger charge is 2.29. The van der Waals surface area contributed by atoms with E-state index in [9.17, 15) is 9.59 Å². The summed E-state index contributed by atoms with van der Waals surface area (Å²) >= 11 is 1.41. The second kappa shape index (κ2) is 9.44. The zero-order chi connectivity index (χ0) is 23.6. The summed E-state index contributed by atoms with van der Waals surface area (Å²) < 4.78 is 1.65. The van der Waals surface area contributed by atoms with Gasteiger partial charge in [0.2, 0.25) is 5.91 Å². The molecule has 33 heavy (non-hydrogen) atoms. The molecular weight excluding hydrogens is 436 g/mol. The van der Waals surface area contributed by atoms with Gasteiger partial charge in [-0.3, -0.25) is 24.5 Å². The van der Waals surface area contributed by atoms with Crippen molar-refractivity contribution >= 4 is 34.1 Å². The van der Waals surface area contributed by atoms with Gasteiger partial charge in [-0.1, -0.05) is 32.9 Å². The predicted molar refractivity (Wildman–Crippen MR) is 131 cm³/mol. The average molecular weight is 467 g/mol. The van der Waals surface area contributed by atoms with Crippen LogP contribution in [0.5, 0.6) is 0 Å². The molecule has 174 valence electrons. The summed E-state index contributed by atoms with van der Waals surface area (Å²) in [5.41, 5.74) is 2.72. The molecule has 1 aromatic carbocycles. The molecule has 3 aromatic rings. The van der Waals surface area contributed by atoms with E-state index in [1.165, 1.54) is 16.9 Å². The van der Waals surface area contributed by atoms with Crippen molar-refractivity contribution in [2.45, 2.75) is 45.1 Å².